The Hall–Kier alpha value is -4.39. The summed E-state index contributed by atoms with van der Waals surface area (Å²) in [7, 11) is 0. The first-order chi connectivity index (χ1) is 19.4. The van der Waals surface area contributed by atoms with Gasteiger partial charge in [-0.25, -0.2) is 0 Å². The summed E-state index contributed by atoms with van der Waals surface area (Å²) >= 11 is 0. The molecule has 2 atom stereocenters. The Balaban J connectivity index is 1.59. The fourth-order valence-corrected chi connectivity index (χ4v) is 5.93. The summed E-state index contributed by atoms with van der Waals surface area (Å²) < 4.78 is 0. The van der Waals surface area contributed by atoms with Gasteiger partial charge in [0.25, 0.3) is 0 Å². The van der Waals surface area contributed by atoms with Crippen LogP contribution < -0.4 is 15.1 Å². The molecule has 1 heterocycles. The molecule has 0 saturated carbocycles. The molecule has 0 saturated heterocycles. The number of fused-ring (bicyclic) bond motifs is 1. The van der Waals surface area contributed by atoms with Gasteiger partial charge in [0.15, 0.2) is 5.78 Å². The van der Waals surface area contributed by atoms with Crippen LogP contribution in [0.2, 0.25) is 0 Å². The number of hydrogen-bond donors (Lipinski definition) is 2. The van der Waals surface area contributed by atoms with Gasteiger partial charge < -0.3 is 15.3 Å². The second kappa shape index (κ2) is 11.8. The lowest BCUT2D eigenvalue weighted by Gasteiger charge is -2.35. The molecular weight excluding hydrogens is 502 g/mol. The first-order valence-electron chi connectivity index (χ1n) is 14.0. The second-order valence-corrected chi connectivity index (χ2v) is 10.3. The number of nitrogens with one attached hydrogen (secondary N) is 1. The Bertz CT molecular complexity index is 1430. The van der Waals surface area contributed by atoms with Gasteiger partial charge in [-0.05, 0) is 61.6 Å². The number of aliphatic carboxylic acids is 1. The lowest BCUT2D eigenvalue weighted by atomic mass is 9.78. The van der Waals surface area contributed by atoms with Gasteiger partial charge in [0.1, 0.15) is 0 Å². The molecule has 2 aliphatic rings. The molecule has 7 nitrogen and oxygen atoms in total. The number of carboxylic acids is 1. The van der Waals surface area contributed by atoms with Gasteiger partial charge in [0.2, 0.25) is 5.91 Å². The van der Waals surface area contributed by atoms with Gasteiger partial charge in [0.05, 0.1) is 23.8 Å². The minimum atomic E-state index is -1.03. The molecule has 3 aromatic carbocycles. The smallest absolute Gasteiger partial charge is 0.303 e. The van der Waals surface area contributed by atoms with Crippen LogP contribution in [-0.4, -0.2) is 35.9 Å². The topological polar surface area (TPSA) is 90.0 Å². The van der Waals surface area contributed by atoms with Crippen LogP contribution in [0.1, 0.15) is 62.6 Å². The number of ketones is 1. The van der Waals surface area contributed by atoms with Crippen molar-refractivity contribution in [2.24, 2.45) is 0 Å². The zero-order valence-corrected chi connectivity index (χ0v) is 23.0. The van der Waals surface area contributed by atoms with Crippen LogP contribution in [0.3, 0.4) is 0 Å². The first-order valence-corrected chi connectivity index (χ1v) is 14.0. The number of rotatable bonds is 8. The van der Waals surface area contributed by atoms with Gasteiger partial charge in [-0.1, -0.05) is 54.6 Å². The summed E-state index contributed by atoms with van der Waals surface area (Å²) in [5, 5.41) is 12.8. The van der Waals surface area contributed by atoms with E-state index in [9.17, 15) is 19.5 Å². The average molecular weight is 538 g/mol. The minimum absolute atomic E-state index is 0.00218. The molecule has 0 radical (unpaired) electrons. The Morgan fingerprint density at radius 3 is 2.23 bits per heavy atom. The molecule has 3 aromatic rings. The predicted octanol–water partition coefficient (Wildman–Crippen LogP) is 6.30. The van der Waals surface area contributed by atoms with Crippen LogP contribution in [0.25, 0.3) is 0 Å². The fraction of sp³-hybridized carbons (Fsp3) is 0.303. The number of carbonyl (C=O) groups is 3. The molecular formula is C33H35N3O4. The van der Waals surface area contributed by atoms with Crippen molar-refractivity contribution in [3.05, 3.63) is 101 Å². The van der Waals surface area contributed by atoms with Crippen LogP contribution >= 0.6 is 0 Å². The maximum Gasteiger partial charge on any atom is 0.303 e. The van der Waals surface area contributed by atoms with Crippen LogP contribution in [0.4, 0.5) is 17.1 Å². The molecule has 7 heteroatoms. The number of carbonyl (C=O) groups excluding carboxylic acids is 2. The van der Waals surface area contributed by atoms with Gasteiger partial charge in [-0.15, -0.1) is 0 Å². The van der Waals surface area contributed by atoms with Crippen molar-refractivity contribution in [3.8, 4) is 0 Å². The zero-order valence-electron chi connectivity index (χ0n) is 23.0. The van der Waals surface area contributed by atoms with E-state index in [1.54, 1.807) is 4.90 Å². The maximum absolute atomic E-state index is 14.1. The molecule has 1 aliphatic heterocycles. The highest BCUT2D eigenvalue weighted by atomic mass is 16.4. The van der Waals surface area contributed by atoms with E-state index in [1.807, 2.05) is 54.6 Å². The number of benzene rings is 3. The van der Waals surface area contributed by atoms with E-state index >= 15 is 0 Å². The first kappa shape index (κ1) is 27.2. The second-order valence-electron chi connectivity index (χ2n) is 10.3. The number of carboxylic acid groups (broad SMARTS) is 1. The molecule has 2 unspecified atom stereocenters. The average Bonchev–Trinajstić information content (AvgIpc) is 3.12. The van der Waals surface area contributed by atoms with Crippen LogP contribution in [0, 0.1) is 0 Å². The standard InChI is InChI=1S/C33H35N3O4/c1-3-35(4-2)25-16-14-22(15-17-25)24-20-27-32(29(37)21-24)33(23-10-6-5-7-11-23)36(30(38)18-19-31(39)40)28-13-9-8-12-26(28)34-27/h5-17,24,33-34H,3-4,18-21H2,1-2H3,(H,39,40). The number of Topliss-reactive ketones (excluding diaryl/α,β-unsaturated/α-hetero) is 1. The molecule has 0 bridgehead atoms. The quantitative estimate of drug-likeness (QED) is 0.351. The minimum Gasteiger partial charge on any atom is -0.481 e. The van der Waals surface area contributed by atoms with E-state index in [0.717, 1.165) is 41.3 Å². The van der Waals surface area contributed by atoms with Gasteiger partial charge in [-0.2, -0.15) is 0 Å². The molecule has 0 fully saturated rings. The highest BCUT2D eigenvalue weighted by Gasteiger charge is 2.41. The molecule has 0 spiro atoms. The largest absolute Gasteiger partial charge is 0.481 e. The van der Waals surface area contributed by atoms with Crippen molar-refractivity contribution in [2.45, 2.75) is 51.5 Å². The van der Waals surface area contributed by atoms with Gasteiger partial charge in [0, 0.05) is 42.9 Å². The van der Waals surface area contributed by atoms with Crippen molar-refractivity contribution in [3.63, 3.8) is 0 Å². The number of para-hydroxylation sites is 2. The molecule has 1 amide bonds. The van der Waals surface area contributed by atoms with E-state index in [2.05, 4.69) is 48.3 Å². The van der Waals surface area contributed by atoms with Crippen molar-refractivity contribution >= 4 is 34.7 Å². The molecule has 40 heavy (non-hydrogen) atoms. The summed E-state index contributed by atoms with van der Waals surface area (Å²) in [5.41, 5.74) is 5.83. The SMILES string of the molecule is CCN(CC)c1ccc(C2CC(=O)C3=C(C2)Nc2ccccc2N(C(=O)CCC(=O)O)C3c2ccccc2)cc1. The zero-order chi connectivity index (χ0) is 28.2. The van der Waals surface area contributed by atoms with Crippen molar-refractivity contribution in [1.82, 2.24) is 0 Å². The van der Waals surface area contributed by atoms with Crippen molar-refractivity contribution in [2.75, 3.05) is 28.2 Å². The summed E-state index contributed by atoms with van der Waals surface area (Å²) in [5.74, 6) is -1.37. The lowest BCUT2D eigenvalue weighted by Crippen LogP contribution is -2.38. The van der Waals surface area contributed by atoms with Crippen LogP contribution in [0.15, 0.2) is 90.1 Å². The van der Waals surface area contributed by atoms with Crippen LogP contribution in [0.5, 0.6) is 0 Å². The maximum atomic E-state index is 14.1. The van der Waals surface area contributed by atoms with Crippen molar-refractivity contribution < 1.29 is 19.5 Å². The summed E-state index contributed by atoms with van der Waals surface area (Å²) in [4.78, 5) is 43.0. The molecule has 2 N–H and O–H groups in total. The lowest BCUT2D eigenvalue weighted by molar-refractivity contribution is -0.138. The monoisotopic (exact) mass is 537 g/mol. The normalized spacial score (nSPS) is 18.4. The van der Waals surface area contributed by atoms with E-state index < -0.39 is 12.0 Å². The van der Waals surface area contributed by atoms with Crippen molar-refractivity contribution in [1.29, 1.82) is 0 Å². The summed E-state index contributed by atoms with van der Waals surface area (Å²) in [6, 6.07) is 24.9. The Morgan fingerprint density at radius 2 is 1.55 bits per heavy atom. The number of hydrogen-bond acceptors (Lipinski definition) is 5. The highest BCUT2D eigenvalue weighted by Crippen LogP contribution is 2.47. The molecule has 1 aliphatic carbocycles. The number of anilines is 3. The third-order valence-electron chi connectivity index (χ3n) is 7.92. The third kappa shape index (κ3) is 5.37. The number of amides is 1. The number of nitrogens with zero attached hydrogens (tertiary/aromatic N) is 2. The van der Waals surface area contributed by atoms with E-state index in [-0.39, 0.29) is 30.4 Å². The van der Waals surface area contributed by atoms with Gasteiger partial charge in [-0.3, -0.25) is 19.3 Å². The predicted molar refractivity (Wildman–Crippen MR) is 158 cm³/mol. The fourth-order valence-electron chi connectivity index (χ4n) is 5.93. The van der Waals surface area contributed by atoms with E-state index in [1.165, 1.54) is 0 Å². The molecule has 5 rings (SSSR count). The third-order valence-corrected chi connectivity index (χ3v) is 7.92. The molecule has 0 aromatic heterocycles. The van der Waals surface area contributed by atoms with E-state index in [4.69, 9.17) is 0 Å². The van der Waals surface area contributed by atoms with Crippen LogP contribution in [-0.2, 0) is 14.4 Å². The number of allylic oxidation sites excluding steroid dienone is 1. The molecule has 206 valence electrons. The Morgan fingerprint density at radius 1 is 0.875 bits per heavy atom. The Kier molecular flexibility index (Phi) is 8.01. The van der Waals surface area contributed by atoms with Gasteiger partial charge >= 0.3 is 5.97 Å². The highest BCUT2D eigenvalue weighted by molar-refractivity contribution is 6.06. The Labute approximate surface area is 235 Å². The summed E-state index contributed by atoms with van der Waals surface area (Å²) in [6.45, 7) is 6.14. The van der Waals surface area contributed by atoms with E-state index in [0.29, 0.717) is 24.1 Å². The summed E-state index contributed by atoms with van der Waals surface area (Å²) in [6.07, 6.45) is 0.519.